The molecule has 0 heterocycles. The van der Waals surface area contributed by atoms with Gasteiger partial charge in [-0.25, -0.2) is 4.79 Å². The molecule has 0 aliphatic rings. The fraction of sp³-hybridized carbons (Fsp3) is 0.529. The van der Waals surface area contributed by atoms with Crippen LogP contribution in [0.1, 0.15) is 38.8 Å². The van der Waals surface area contributed by atoms with Gasteiger partial charge in [-0.3, -0.25) is 4.79 Å². The highest BCUT2D eigenvalue weighted by Gasteiger charge is 2.36. The molecule has 140 valence electrons. The highest BCUT2D eigenvalue weighted by atomic mass is 19.4. The second-order valence-corrected chi connectivity index (χ2v) is 6.68. The molecule has 0 spiro atoms. The molecular formula is C17H23F3N2O3. The van der Waals surface area contributed by atoms with Crippen LogP contribution in [0, 0.1) is 0 Å². The second-order valence-electron chi connectivity index (χ2n) is 6.68. The van der Waals surface area contributed by atoms with Crippen LogP contribution in [0.2, 0.25) is 0 Å². The minimum absolute atomic E-state index is 0.153. The number of alkyl halides is 3. The Morgan fingerprint density at radius 1 is 1.08 bits per heavy atom. The summed E-state index contributed by atoms with van der Waals surface area (Å²) in [6.07, 6.45) is -5.16. The number of ether oxygens (including phenoxy) is 1. The smallest absolute Gasteiger partial charge is 0.408 e. The molecule has 5 nitrogen and oxygen atoms in total. The van der Waals surface area contributed by atoms with Gasteiger partial charge in [-0.05, 0) is 38.8 Å². The van der Waals surface area contributed by atoms with Crippen molar-refractivity contribution in [3.05, 3.63) is 35.4 Å². The molecule has 0 saturated carbocycles. The molecule has 1 atom stereocenters. The number of carbonyl (C=O) groups excluding carboxylic acids is 2. The Kier molecular flexibility index (Phi) is 6.84. The fourth-order valence-corrected chi connectivity index (χ4v) is 1.82. The molecule has 0 aliphatic heterocycles. The molecule has 1 rings (SSSR count). The van der Waals surface area contributed by atoms with E-state index in [4.69, 9.17) is 4.74 Å². The molecule has 1 aromatic carbocycles. The molecule has 0 saturated heterocycles. The summed E-state index contributed by atoms with van der Waals surface area (Å²) in [7, 11) is 0. The Bertz CT molecular complexity index is 593. The van der Waals surface area contributed by atoms with Crippen LogP contribution in [0.4, 0.5) is 18.0 Å². The van der Waals surface area contributed by atoms with E-state index in [1.54, 1.807) is 45.0 Å². The monoisotopic (exact) mass is 360 g/mol. The van der Waals surface area contributed by atoms with Crippen molar-refractivity contribution in [2.45, 2.75) is 58.5 Å². The number of halogens is 3. The normalized spacial score (nSPS) is 13.1. The lowest BCUT2D eigenvalue weighted by molar-refractivity contribution is -0.157. The van der Waals surface area contributed by atoms with E-state index in [0.29, 0.717) is 5.56 Å². The van der Waals surface area contributed by atoms with Crippen molar-refractivity contribution in [1.29, 1.82) is 0 Å². The highest BCUT2D eigenvalue weighted by Crippen LogP contribution is 2.19. The number of nitrogens with one attached hydrogen (secondary N) is 2. The van der Waals surface area contributed by atoms with E-state index >= 15 is 0 Å². The Labute approximate surface area is 144 Å². The molecule has 0 aromatic heterocycles. The maximum atomic E-state index is 12.4. The lowest BCUT2D eigenvalue weighted by atomic mass is 10.1. The average Bonchev–Trinajstić information content (AvgIpc) is 2.43. The maximum absolute atomic E-state index is 12.4. The van der Waals surface area contributed by atoms with Crippen LogP contribution in [0.25, 0.3) is 0 Å². The summed E-state index contributed by atoms with van der Waals surface area (Å²) >= 11 is 0. The number of carbonyl (C=O) groups is 2. The minimum atomic E-state index is -4.47. The molecule has 2 amide bonds. The van der Waals surface area contributed by atoms with Crippen LogP contribution in [-0.2, 0) is 22.5 Å². The number of benzene rings is 1. The molecule has 0 radical (unpaired) electrons. The number of alkyl carbamates (subject to hydrolysis) is 1. The summed E-state index contributed by atoms with van der Waals surface area (Å²) in [5.41, 5.74) is 0.765. The van der Waals surface area contributed by atoms with Crippen molar-refractivity contribution in [2.75, 3.05) is 0 Å². The standard InChI is InChI=1S/C17H23F3N2O3/c1-11(17(18,19)20)22-14(23)9-12-5-7-13(8-6-12)10-21-15(24)25-16(2,3)4/h5-8,11H,9-10H2,1-4H3,(H,21,24)(H,22,23)/t11-/m1/s1. The van der Waals surface area contributed by atoms with E-state index in [1.165, 1.54) is 0 Å². The summed E-state index contributed by atoms with van der Waals surface area (Å²) in [4.78, 5) is 23.2. The van der Waals surface area contributed by atoms with E-state index in [-0.39, 0.29) is 13.0 Å². The van der Waals surface area contributed by atoms with E-state index in [1.807, 2.05) is 5.32 Å². The minimum Gasteiger partial charge on any atom is -0.444 e. The van der Waals surface area contributed by atoms with Gasteiger partial charge in [0, 0.05) is 6.54 Å². The summed E-state index contributed by atoms with van der Waals surface area (Å²) < 4.78 is 42.3. The molecular weight excluding hydrogens is 337 g/mol. The lowest BCUT2D eigenvalue weighted by Crippen LogP contribution is -2.43. The third kappa shape index (κ3) is 8.42. The second kappa shape index (κ2) is 8.22. The van der Waals surface area contributed by atoms with Gasteiger partial charge in [0.15, 0.2) is 0 Å². The van der Waals surface area contributed by atoms with E-state index in [2.05, 4.69) is 5.32 Å². The van der Waals surface area contributed by atoms with E-state index in [0.717, 1.165) is 12.5 Å². The Balaban J connectivity index is 2.48. The van der Waals surface area contributed by atoms with Crippen LogP contribution in [0.5, 0.6) is 0 Å². The van der Waals surface area contributed by atoms with E-state index in [9.17, 15) is 22.8 Å². The zero-order valence-corrected chi connectivity index (χ0v) is 14.7. The van der Waals surface area contributed by atoms with Crippen molar-refractivity contribution >= 4 is 12.0 Å². The molecule has 25 heavy (non-hydrogen) atoms. The zero-order valence-electron chi connectivity index (χ0n) is 14.7. The summed E-state index contributed by atoms with van der Waals surface area (Å²) in [5.74, 6) is -0.704. The molecule has 0 unspecified atom stereocenters. The van der Waals surface area contributed by atoms with Gasteiger partial charge in [0.1, 0.15) is 11.6 Å². The van der Waals surface area contributed by atoms with Crippen molar-refractivity contribution in [3.63, 3.8) is 0 Å². The highest BCUT2D eigenvalue weighted by molar-refractivity contribution is 5.78. The first kappa shape index (κ1) is 20.8. The van der Waals surface area contributed by atoms with Gasteiger partial charge in [-0.1, -0.05) is 24.3 Å². The Morgan fingerprint density at radius 3 is 2.08 bits per heavy atom. The molecule has 8 heteroatoms. The predicted molar refractivity (Wildman–Crippen MR) is 86.9 cm³/mol. The zero-order chi connectivity index (χ0) is 19.3. The SMILES string of the molecule is C[C@@H](NC(=O)Cc1ccc(CNC(=O)OC(C)(C)C)cc1)C(F)(F)F. The van der Waals surface area contributed by atoms with Gasteiger partial charge in [-0.15, -0.1) is 0 Å². The van der Waals surface area contributed by atoms with Gasteiger partial charge < -0.3 is 15.4 Å². The van der Waals surface area contributed by atoms with Crippen LogP contribution >= 0.6 is 0 Å². The topological polar surface area (TPSA) is 67.4 Å². The van der Waals surface area contributed by atoms with Crippen molar-refractivity contribution in [2.24, 2.45) is 0 Å². The third-order valence-corrected chi connectivity index (χ3v) is 3.09. The molecule has 2 N–H and O–H groups in total. The summed E-state index contributed by atoms with van der Waals surface area (Å²) in [5, 5.41) is 4.50. The van der Waals surface area contributed by atoms with Gasteiger partial charge in [-0.2, -0.15) is 13.2 Å². The number of amides is 2. The molecule has 1 aromatic rings. The van der Waals surface area contributed by atoms with Gasteiger partial charge in [0.05, 0.1) is 6.42 Å². The summed E-state index contributed by atoms with van der Waals surface area (Å²) in [6.45, 7) is 6.40. The third-order valence-electron chi connectivity index (χ3n) is 3.09. The molecule has 0 aliphatic carbocycles. The van der Waals surface area contributed by atoms with Gasteiger partial charge in [0.25, 0.3) is 0 Å². The number of hydrogen-bond acceptors (Lipinski definition) is 3. The van der Waals surface area contributed by atoms with Crippen LogP contribution in [0.15, 0.2) is 24.3 Å². The summed E-state index contributed by atoms with van der Waals surface area (Å²) in [6, 6.07) is 4.74. The first-order chi connectivity index (χ1) is 11.4. The average molecular weight is 360 g/mol. The first-order valence-electron chi connectivity index (χ1n) is 7.77. The Morgan fingerprint density at radius 2 is 1.60 bits per heavy atom. The largest absolute Gasteiger partial charge is 0.444 e. The van der Waals surface area contributed by atoms with Crippen molar-refractivity contribution in [1.82, 2.24) is 10.6 Å². The molecule has 0 fully saturated rings. The predicted octanol–water partition coefficient (Wildman–Crippen LogP) is 3.32. The van der Waals surface area contributed by atoms with Crippen LogP contribution in [0.3, 0.4) is 0 Å². The van der Waals surface area contributed by atoms with Crippen molar-refractivity contribution < 1.29 is 27.5 Å². The van der Waals surface area contributed by atoms with Crippen LogP contribution in [-0.4, -0.2) is 29.8 Å². The lowest BCUT2D eigenvalue weighted by Gasteiger charge is -2.19. The van der Waals surface area contributed by atoms with Crippen LogP contribution < -0.4 is 10.6 Å². The van der Waals surface area contributed by atoms with Crippen molar-refractivity contribution in [3.8, 4) is 0 Å². The van der Waals surface area contributed by atoms with E-state index < -0.39 is 29.8 Å². The van der Waals surface area contributed by atoms with Gasteiger partial charge >= 0.3 is 12.3 Å². The number of hydrogen-bond donors (Lipinski definition) is 2. The Hall–Kier alpha value is -2.25. The first-order valence-corrected chi connectivity index (χ1v) is 7.77. The van der Waals surface area contributed by atoms with Gasteiger partial charge in [0.2, 0.25) is 5.91 Å². The quantitative estimate of drug-likeness (QED) is 0.846. The molecule has 0 bridgehead atoms. The fourth-order valence-electron chi connectivity index (χ4n) is 1.82. The number of rotatable bonds is 5. The maximum Gasteiger partial charge on any atom is 0.408 e.